The zero-order valence-corrected chi connectivity index (χ0v) is 17.3. The van der Waals surface area contributed by atoms with Gasteiger partial charge in [0, 0.05) is 11.1 Å². The molecule has 0 spiro atoms. The van der Waals surface area contributed by atoms with Gasteiger partial charge in [0.05, 0.1) is 5.69 Å². The third-order valence-corrected chi connectivity index (χ3v) is 4.74. The van der Waals surface area contributed by atoms with Crippen LogP contribution in [-0.4, -0.2) is 33.1 Å². The first-order valence-electron chi connectivity index (χ1n) is 9.88. The minimum Gasteiger partial charge on any atom is -0.451 e. The molecule has 0 N–H and O–H groups in total. The number of aryl methyl sites for hydroxylation is 2. The van der Waals surface area contributed by atoms with Gasteiger partial charge in [-0.15, -0.1) is 5.10 Å². The van der Waals surface area contributed by atoms with Gasteiger partial charge in [-0.2, -0.15) is 0 Å². The lowest BCUT2D eigenvalue weighted by molar-refractivity contribution is 0.0462. The van der Waals surface area contributed by atoms with Gasteiger partial charge in [-0.3, -0.25) is 4.79 Å². The number of ether oxygens (including phenoxy) is 1. The summed E-state index contributed by atoms with van der Waals surface area (Å²) in [6.07, 6.45) is 0. The Balaban J connectivity index is 1.64. The summed E-state index contributed by atoms with van der Waals surface area (Å²) in [7, 11) is 0. The third kappa shape index (κ3) is 4.59. The molecule has 0 saturated carbocycles. The summed E-state index contributed by atoms with van der Waals surface area (Å²) in [5.41, 5.74) is 4.21. The van der Waals surface area contributed by atoms with Crippen molar-refractivity contribution in [2.45, 2.75) is 13.8 Å². The maximum Gasteiger partial charge on any atom is 0.378 e. The quantitative estimate of drug-likeness (QED) is 0.343. The summed E-state index contributed by atoms with van der Waals surface area (Å²) in [6, 6.07) is 24.3. The van der Waals surface area contributed by atoms with E-state index in [4.69, 9.17) is 4.74 Å². The number of benzene rings is 3. The number of ketones is 1. The van der Waals surface area contributed by atoms with Crippen LogP contribution in [0.15, 0.2) is 78.9 Å². The zero-order valence-electron chi connectivity index (χ0n) is 17.3. The van der Waals surface area contributed by atoms with Crippen molar-refractivity contribution in [3.63, 3.8) is 0 Å². The highest BCUT2D eigenvalue weighted by molar-refractivity contribution is 5.98. The standard InChI is InChI=1S/C25H21N3O3/c1-17-8-6-12-20(14-17)24-26-23(27-28(24)21-13-7-9-18(2)15-21)25(30)31-16-22(29)19-10-4-3-5-11-19/h3-15H,16H2,1-2H3. The molecule has 4 rings (SSSR count). The lowest BCUT2D eigenvalue weighted by Crippen LogP contribution is -2.15. The topological polar surface area (TPSA) is 74.1 Å². The van der Waals surface area contributed by atoms with Crippen molar-refractivity contribution in [2.24, 2.45) is 0 Å². The van der Waals surface area contributed by atoms with E-state index in [1.807, 2.05) is 68.4 Å². The van der Waals surface area contributed by atoms with E-state index in [2.05, 4.69) is 10.1 Å². The van der Waals surface area contributed by atoms with Crippen LogP contribution in [0, 0.1) is 13.8 Å². The Labute approximate surface area is 180 Å². The van der Waals surface area contributed by atoms with Crippen LogP contribution in [0.2, 0.25) is 0 Å². The molecule has 0 saturated heterocycles. The average molecular weight is 411 g/mol. The minimum absolute atomic E-state index is 0.0983. The maximum atomic E-state index is 12.6. The van der Waals surface area contributed by atoms with E-state index >= 15 is 0 Å². The fourth-order valence-corrected chi connectivity index (χ4v) is 3.21. The molecular weight excluding hydrogens is 390 g/mol. The van der Waals surface area contributed by atoms with Gasteiger partial charge in [-0.1, -0.05) is 66.2 Å². The molecule has 0 aliphatic rings. The first-order chi connectivity index (χ1) is 15.0. The molecule has 0 amide bonds. The first kappa shape index (κ1) is 20.2. The number of hydrogen-bond acceptors (Lipinski definition) is 5. The van der Waals surface area contributed by atoms with Gasteiger partial charge in [0.25, 0.3) is 5.82 Å². The Morgan fingerprint density at radius 1 is 0.871 bits per heavy atom. The molecule has 31 heavy (non-hydrogen) atoms. The number of hydrogen-bond donors (Lipinski definition) is 0. The van der Waals surface area contributed by atoms with Crippen LogP contribution >= 0.6 is 0 Å². The zero-order chi connectivity index (χ0) is 21.8. The molecule has 6 nitrogen and oxygen atoms in total. The van der Waals surface area contributed by atoms with Gasteiger partial charge >= 0.3 is 5.97 Å². The predicted octanol–water partition coefficient (Wildman–Crippen LogP) is 4.59. The fourth-order valence-electron chi connectivity index (χ4n) is 3.21. The number of carbonyl (C=O) groups excluding carboxylic acids is 2. The summed E-state index contributed by atoms with van der Waals surface area (Å²) in [6.45, 7) is 3.60. The van der Waals surface area contributed by atoms with Crippen molar-refractivity contribution in [2.75, 3.05) is 6.61 Å². The fraction of sp³-hybridized carbons (Fsp3) is 0.120. The van der Waals surface area contributed by atoms with Crippen LogP contribution in [0.1, 0.15) is 32.1 Å². The van der Waals surface area contributed by atoms with E-state index < -0.39 is 5.97 Å². The molecule has 0 aliphatic carbocycles. The average Bonchev–Trinajstić information content (AvgIpc) is 3.23. The Hall–Kier alpha value is -4.06. The van der Waals surface area contributed by atoms with Gasteiger partial charge in [-0.25, -0.2) is 14.5 Å². The molecular formula is C25H21N3O3. The number of Topliss-reactive ketones (excluding diaryl/α,β-unsaturated/α-hetero) is 1. The van der Waals surface area contributed by atoms with Gasteiger partial charge in [0.2, 0.25) is 0 Å². The predicted molar refractivity (Wildman–Crippen MR) is 117 cm³/mol. The highest BCUT2D eigenvalue weighted by Crippen LogP contribution is 2.23. The Morgan fingerprint density at radius 3 is 2.29 bits per heavy atom. The summed E-state index contributed by atoms with van der Waals surface area (Å²) in [5.74, 6) is -0.606. The first-order valence-corrected chi connectivity index (χ1v) is 9.88. The molecule has 3 aromatic carbocycles. The minimum atomic E-state index is -0.746. The molecule has 0 fully saturated rings. The smallest absolute Gasteiger partial charge is 0.378 e. The highest BCUT2D eigenvalue weighted by Gasteiger charge is 2.21. The monoisotopic (exact) mass is 411 g/mol. The van der Waals surface area contributed by atoms with E-state index in [1.165, 1.54) is 0 Å². The second kappa shape index (κ2) is 8.75. The van der Waals surface area contributed by atoms with Crippen molar-refractivity contribution in [1.29, 1.82) is 0 Å². The van der Waals surface area contributed by atoms with E-state index in [0.29, 0.717) is 11.4 Å². The van der Waals surface area contributed by atoms with Crippen LogP contribution in [0.5, 0.6) is 0 Å². The Morgan fingerprint density at radius 2 is 1.58 bits per heavy atom. The second-order valence-electron chi connectivity index (χ2n) is 7.24. The van der Waals surface area contributed by atoms with Crippen LogP contribution in [0.4, 0.5) is 0 Å². The van der Waals surface area contributed by atoms with Gasteiger partial charge < -0.3 is 4.74 Å². The Bertz CT molecular complexity index is 1180. The highest BCUT2D eigenvalue weighted by atomic mass is 16.5. The van der Waals surface area contributed by atoms with Gasteiger partial charge in [-0.05, 0) is 37.6 Å². The number of rotatable bonds is 6. The molecule has 0 aliphatic heterocycles. The molecule has 0 atom stereocenters. The molecule has 1 aromatic heterocycles. The molecule has 6 heteroatoms. The Kier molecular flexibility index (Phi) is 5.71. The summed E-state index contributed by atoms with van der Waals surface area (Å²) < 4.78 is 6.83. The normalized spacial score (nSPS) is 10.6. The molecule has 0 radical (unpaired) electrons. The van der Waals surface area contributed by atoms with E-state index in [1.54, 1.807) is 28.9 Å². The largest absolute Gasteiger partial charge is 0.451 e. The van der Waals surface area contributed by atoms with Crippen molar-refractivity contribution in [3.8, 4) is 17.1 Å². The van der Waals surface area contributed by atoms with Gasteiger partial charge in [0.15, 0.2) is 18.2 Å². The van der Waals surface area contributed by atoms with Crippen molar-refractivity contribution in [3.05, 3.63) is 101 Å². The molecule has 1 heterocycles. The molecule has 4 aromatic rings. The van der Waals surface area contributed by atoms with Gasteiger partial charge in [0.1, 0.15) is 0 Å². The van der Waals surface area contributed by atoms with E-state index in [-0.39, 0.29) is 18.2 Å². The molecule has 0 bridgehead atoms. The number of esters is 1. The number of aromatic nitrogens is 3. The van der Waals surface area contributed by atoms with Crippen LogP contribution in [0.3, 0.4) is 0 Å². The van der Waals surface area contributed by atoms with Crippen LogP contribution < -0.4 is 0 Å². The summed E-state index contributed by atoms with van der Waals surface area (Å²) in [4.78, 5) is 29.3. The van der Waals surface area contributed by atoms with Crippen molar-refractivity contribution in [1.82, 2.24) is 14.8 Å². The second-order valence-corrected chi connectivity index (χ2v) is 7.24. The lowest BCUT2D eigenvalue weighted by Gasteiger charge is -2.07. The SMILES string of the molecule is Cc1cccc(-c2nc(C(=O)OCC(=O)c3ccccc3)nn2-c2cccc(C)c2)c1. The van der Waals surface area contributed by atoms with Crippen LogP contribution in [0.25, 0.3) is 17.1 Å². The summed E-state index contributed by atoms with van der Waals surface area (Å²) in [5, 5.41) is 4.40. The lowest BCUT2D eigenvalue weighted by atomic mass is 10.1. The number of carbonyl (C=O) groups is 2. The van der Waals surface area contributed by atoms with Crippen LogP contribution in [-0.2, 0) is 4.74 Å². The maximum absolute atomic E-state index is 12.6. The van der Waals surface area contributed by atoms with Crippen molar-refractivity contribution >= 4 is 11.8 Å². The van der Waals surface area contributed by atoms with Crippen molar-refractivity contribution < 1.29 is 14.3 Å². The number of nitrogens with zero attached hydrogens (tertiary/aromatic N) is 3. The molecule has 0 unspecified atom stereocenters. The summed E-state index contributed by atoms with van der Waals surface area (Å²) >= 11 is 0. The third-order valence-electron chi connectivity index (χ3n) is 4.74. The molecule has 154 valence electrons. The van der Waals surface area contributed by atoms with E-state index in [9.17, 15) is 9.59 Å². The van der Waals surface area contributed by atoms with E-state index in [0.717, 1.165) is 22.4 Å².